The van der Waals surface area contributed by atoms with Gasteiger partial charge in [0.15, 0.2) is 0 Å². The van der Waals surface area contributed by atoms with Gasteiger partial charge in [-0.15, -0.1) is 10.2 Å². The van der Waals surface area contributed by atoms with Crippen molar-refractivity contribution in [2.45, 2.75) is 51.0 Å². The fraction of sp³-hybridized carbons (Fsp3) is 0.571. The molecule has 0 unspecified atom stereocenters. The lowest BCUT2D eigenvalue weighted by atomic mass is 9.83. The van der Waals surface area contributed by atoms with Crippen molar-refractivity contribution in [2.75, 3.05) is 19.6 Å². The summed E-state index contributed by atoms with van der Waals surface area (Å²) < 4.78 is 5.68. The second kappa shape index (κ2) is 8.65. The van der Waals surface area contributed by atoms with Crippen LogP contribution in [0.1, 0.15) is 44.4 Å². The molecule has 0 aliphatic carbocycles. The van der Waals surface area contributed by atoms with Gasteiger partial charge < -0.3 is 14.6 Å². The highest BCUT2D eigenvalue weighted by molar-refractivity contribution is 5.76. The molecule has 1 amide bonds. The second-order valence-electron chi connectivity index (χ2n) is 7.67. The second-order valence-corrected chi connectivity index (χ2v) is 7.67. The van der Waals surface area contributed by atoms with Crippen molar-refractivity contribution >= 4 is 5.91 Å². The van der Waals surface area contributed by atoms with Gasteiger partial charge in [-0.05, 0) is 56.8 Å². The number of hydrogen-bond acceptors (Lipinski definition) is 5. The number of benzene rings is 1. The van der Waals surface area contributed by atoms with E-state index in [1.54, 1.807) is 0 Å². The SMILES string of the molecule is O=C(CCc1nnc(-c2ccccc2)o1)NC[C@H]1CCCN2CCCC[C@@H]12. The highest BCUT2D eigenvalue weighted by Crippen LogP contribution is 2.30. The Kier molecular flexibility index (Phi) is 5.82. The number of nitrogens with one attached hydrogen (secondary N) is 1. The summed E-state index contributed by atoms with van der Waals surface area (Å²) >= 11 is 0. The smallest absolute Gasteiger partial charge is 0.247 e. The molecule has 0 bridgehead atoms. The van der Waals surface area contributed by atoms with Crippen molar-refractivity contribution in [3.05, 3.63) is 36.2 Å². The number of fused-ring (bicyclic) bond motifs is 1. The Hall–Kier alpha value is -2.21. The molecule has 2 saturated heterocycles. The molecule has 2 aliphatic heterocycles. The summed E-state index contributed by atoms with van der Waals surface area (Å²) in [6, 6.07) is 10.4. The van der Waals surface area contributed by atoms with Gasteiger partial charge in [0.1, 0.15) is 0 Å². The topological polar surface area (TPSA) is 71.3 Å². The molecule has 2 aromatic rings. The minimum Gasteiger partial charge on any atom is -0.421 e. The zero-order valence-corrected chi connectivity index (χ0v) is 15.8. The minimum absolute atomic E-state index is 0.0717. The molecule has 27 heavy (non-hydrogen) atoms. The number of aromatic nitrogens is 2. The third-order valence-electron chi connectivity index (χ3n) is 5.84. The van der Waals surface area contributed by atoms with Crippen molar-refractivity contribution in [1.29, 1.82) is 0 Å². The minimum atomic E-state index is 0.0717. The van der Waals surface area contributed by atoms with E-state index in [1.807, 2.05) is 30.3 Å². The summed E-state index contributed by atoms with van der Waals surface area (Å²) in [4.78, 5) is 14.9. The first-order chi connectivity index (χ1) is 13.3. The van der Waals surface area contributed by atoms with E-state index in [2.05, 4.69) is 20.4 Å². The van der Waals surface area contributed by atoms with Crippen LogP contribution in [0.25, 0.3) is 11.5 Å². The van der Waals surface area contributed by atoms with Crippen molar-refractivity contribution in [2.24, 2.45) is 5.92 Å². The Morgan fingerprint density at radius 1 is 1.11 bits per heavy atom. The number of carbonyl (C=O) groups is 1. The van der Waals surface area contributed by atoms with Gasteiger partial charge in [-0.3, -0.25) is 4.79 Å². The fourth-order valence-corrected chi connectivity index (χ4v) is 4.42. The Morgan fingerprint density at radius 3 is 2.85 bits per heavy atom. The largest absolute Gasteiger partial charge is 0.421 e. The van der Waals surface area contributed by atoms with Crippen LogP contribution in [0, 0.1) is 5.92 Å². The molecule has 0 saturated carbocycles. The highest BCUT2D eigenvalue weighted by atomic mass is 16.4. The van der Waals surface area contributed by atoms with Gasteiger partial charge in [0.05, 0.1) is 0 Å². The number of amides is 1. The normalized spacial score (nSPS) is 23.0. The quantitative estimate of drug-likeness (QED) is 0.848. The number of rotatable bonds is 6. The van der Waals surface area contributed by atoms with Crippen molar-refractivity contribution in [3.8, 4) is 11.5 Å². The lowest BCUT2D eigenvalue weighted by molar-refractivity contribution is -0.121. The molecule has 1 aromatic carbocycles. The maximum absolute atomic E-state index is 12.3. The molecule has 0 radical (unpaired) electrons. The monoisotopic (exact) mass is 368 g/mol. The molecule has 4 rings (SSSR count). The summed E-state index contributed by atoms with van der Waals surface area (Å²) in [5.41, 5.74) is 0.898. The van der Waals surface area contributed by atoms with E-state index in [0.717, 1.165) is 12.1 Å². The van der Waals surface area contributed by atoms with Gasteiger partial charge in [-0.1, -0.05) is 24.6 Å². The van der Waals surface area contributed by atoms with E-state index in [4.69, 9.17) is 4.42 Å². The van der Waals surface area contributed by atoms with Crippen LogP contribution in [0.15, 0.2) is 34.7 Å². The Morgan fingerprint density at radius 2 is 1.96 bits per heavy atom. The molecule has 144 valence electrons. The standard InChI is InChI=1S/C21H28N4O2/c26-19(22-15-17-9-6-14-25-13-5-4-10-18(17)25)11-12-20-23-24-21(27-20)16-7-2-1-3-8-16/h1-3,7-8,17-18H,4-6,9-15H2,(H,22,26)/t17-,18+/m1/s1. The van der Waals surface area contributed by atoms with E-state index < -0.39 is 0 Å². The van der Waals surface area contributed by atoms with E-state index in [0.29, 0.717) is 36.6 Å². The van der Waals surface area contributed by atoms with Crippen molar-refractivity contribution in [1.82, 2.24) is 20.4 Å². The van der Waals surface area contributed by atoms with Gasteiger partial charge in [0, 0.05) is 31.0 Å². The first-order valence-corrected chi connectivity index (χ1v) is 10.2. The number of carbonyl (C=O) groups excluding carboxylic acids is 1. The average molecular weight is 368 g/mol. The Bertz CT molecular complexity index is 744. The molecule has 3 heterocycles. The summed E-state index contributed by atoms with van der Waals surface area (Å²) in [5.74, 6) is 1.68. The average Bonchev–Trinajstić information content (AvgIpc) is 3.20. The van der Waals surface area contributed by atoms with Gasteiger partial charge in [0.2, 0.25) is 17.7 Å². The van der Waals surface area contributed by atoms with Crippen LogP contribution < -0.4 is 5.32 Å². The summed E-state index contributed by atoms with van der Waals surface area (Å²) in [5, 5.41) is 11.3. The lowest BCUT2D eigenvalue weighted by Gasteiger charge is -2.44. The third kappa shape index (κ3) is 4.56. The molecular weight excluding hydrogens is 340 g/mol. The predicted octanol–water partition coefficient (Wildman–Crippen LogP) is 3.05. The van der Waals surface area contributed by atoms with E-state index in [9.17, 15) is 4.79 Å². The molecule has 6 heteroatoms. The first-order valence-electron chi connectivity index (χ1n) is 10.2. The van der Waals surface area contributed by atoms with Gasteiger partial charge in [-0.2, -0.15) is 0 Å². The number of piperidine rings is 2. The first kappa shape index (κ1) is 18.2. The number of aryl methyl sites for hydroxylation is 1. The highest BCUT2D eigenvalue weighted by Gasteiger charge is 2.32. The zero-order valence-electron chi connectivity index (χ0n) is 15.8. The maximum atomic E-state index is 12.3. The fourth-order valence-electron chi connectivity index (χ4n) is 4.42. The molecular formula is C21H28N4O2. The van der Waals surface area contributed by atoms with E-state index >= 15 is 0 Å². The molecule has 0 spiro atoms. The van der Waals surface area contributed by atoms with Crippen LogP contribution in [-0.4, -0.2) is 46.7 Å². The Labute approximate surface area is 160 Å². The maximum Gasteiger partial charge on any atom is 0.247 e. The molecule has 1 N–H and O–H groups in total. The van der Waals surface area contributed by atoms with Crippen LogP contribution in [0.5, 0.6) is 0 Å². The van der Waals surface area contributed by atoms with Crippen LogP contribution in [0.3, 0.4) is 0 Å². The number of hydrogen-bond donors (Lipinski definition) is 1. The van der Waals surface area contributed by atoms with Gasteiger partial charge in [0.25, 0.3) is 0 Å². The van der Waals surface area contributed by atoms with Crippen LogP contribution in [0.2, 0.25) is 0 Å². The number of nitrogens with zero attached hydrogens (tertiary/aromatic N) is 3. The van der Waals surface area contributed by atoms with Crippen molar-refractivity contribution < 1.29 is 9.21 Å². The van der Waals surface area contributed by atoms with E-state index in [-0.39, 0.29) is 5.91 Å². The van der Waals surface area contributed by atoms with Crippen LogP contribution in [0.4, 0.5) is 0 Å². The summed E-state index contributed by atoms with van der Waals surface area (Å²) in [7, 11) is 0. The van der Waals surface area contributed by atoms with Crippen LogP contribution >= 0.6 is 0 Å². The molecule has 1 aromatic heterocycles. The molecule has 6 nitrogen and oxygen atoms in total. The van der Waals surface area contributed by atoms with Gasteiger partial charge in [-0.25, -0.2) is 0 Å². The van der Waals surface area contributed by atoms with E-state index in [1.165, 1.54) is 45.2 Å². The van der Waals surface area contributed by atoms with Crippen molar-refractivity contribution in [3.63, 3.8) is 0 Å². The predicted molar refractivity (Wildman–Crippen MR) is 103 cm³/mol. The lowest BCUT2D eigenvalue weighted by Crippen LogP contribution is -2.51. The summed E-state index contributed by atoms with van der Waals surface area (Å²) in [6.45, 7) is 3.26. The molecule has 2 fully saturated rings. The van der Waals surface area contributed by atoms with Crippen LogP contribution in [-0.2, 0) is 11.2 Å². The Balaban J connectivity index is 1.24. The summed E-state index contributed by atoms with van der Waals surface area (Å²) in [6.07, 6.45) is 7.28. The zero-order chi connectivity index (χ0) is 18.5. The van der Waals surface area contributed by atoms with Gasteiger partial charge >= 0.3 is 0 Å². The molecule has 2 aliphatic rings. The third-order valence-corrected chi connectivity index (χ3v) is 5.84. The molecule has 2 atom stereocenters.